The van der Waals surface area contributed by atoms with Crippen molar-refractivity contribution in [2.75, 3.05) is 19.9 Å². The molecular formula is C27H31N3O4. The molecule has 2 amide bonds. The average Bonchev–Trinajstić information content (AvgIpc) is 3.49. The summed E-state index contributed by atoms with van der Waals surface area (Å²) in [7, 11) is 1.97. The Morgan fingerprint density at radius 2 is 1.74 bits per heavy atom. The lowest BCUT2D eigenvalue weighted by Gasteiger charge is -2.28. The molecule has 1 aromatic heterocycles. The Bertz CT molecular complexity index is 1130. The van der Waals surface area contributed by atoms with E-state index in [1.165, 1.54) is 0 Å². The molecule has 0 saturated heterocycles. The molecule has 178 valence electrons. The fraction of sp³-hybridized carbons (Fsp3) is 0.333. The average molecular weight is 462 g/mol. The zero-order chi connectivity index (χ0) is 23.9. The maximum Gasteiger partial charge on any atom is 0.254 e. The third-order valence-electron chi connectivity index (χ3n) is 5.99. The molecule has 3 aromatic rings. The number of hydrogen-bond acceptors (Lipinski definition) is 4. The molecule has 7 nitrogen and oxygen atoms in total. The van der Waals surface area contributed by atoms with Crippen LogP contribution in [0.25, 0.3) is 0 Å². The third-order valence-corrected chi connectivity index (χ3v) is 5.99. The van der Waals surface area contributed by atoms with E-state index in [2.05, 4.69) is 6.92 Å². The minimum atomic E-state index is -0.182. The highest BCUT2D eigenvalue weighted by molar-refractivity contribution is 5.97. The molecule has 0 saturated carbocycles. The molecule has 0 radical (unpaired) electrons. The highest BCUT2D eigenvalue weighted by Crippen LogP contribution is 2.32. The molecule has 1 aliphatic heterocycles. The lowest BCUT2D eigenvalue weighted by atomic mass is 10.1. The van der Waals surface area contributed by atoms with E-state index in [0.717, 1.165) is 24.1 Å². The van der Waals surface area contributed by atoms with E-state index in [-0.39, 0.29) is 25.2 Å². The summed E-state index contributed by atoms with van der Waals surface area (Å²) in [5.74, 6) is 0.917. The predicted octanol–water partition coefficient (Wildman–Crippen LogP) is 4.23. The molecule has 0 atom stereocenters. The van der Waals surface area contributed by atoms with E-state index in [4.69, 9.17) is 9.47 Å². The third kappa shape index (κ3) is 5.60. The number of carbonyl (C=O) groups excluding carboxylic acids is 2. The molecule has 0 bridgehead atoms. The van der Waals surface area contributed by atoms with Gasteiger partial charge in [-0.3, -0.25) is 9.59 Å². The Labute approximate surface area is 200 Å². The Balaban J connectivity index is 1.54. The Morgan fingerprint density at radius 1 is 0.941 bits per heavy atom. The van der Waals surface area contributed by atoms with Gasteiger partial charge >= 0.3 is 0 Å². The van der Waals surface area contributed by atoms with E-state index < -0.39 is 0 Å². The summed E-state index contributed by atoms with van der Waals surface area (Å²) in [6.45, 7) is 3.70. The maximum absolute atomic E-state index is 13.6. The summed E-state index contributed by atoms with van der Waals surface area (Å²) in [4.78, 5) is 30.4. The fourth-order valence-corrected chi connectivity index (χ4v) is 3.97. The highest BCUT2D eigenvalue weighted by atomic mass is 16.7. The van der Waals surface area contributed by atoms with Gasteiger partial charge < -0.3 is 23.8 Å². The molecule has 1 aliphatic rings. The van der Waals surface area contributed by atoms with Crippen molar-refractivity contribution in [3.8, 4) is 11.5 Å². The van der Waals surface area contributed by atoms with Gasteiger partial charge in [0.2, 0.25) is 12.7 Å². The van der Waals surface area contributed by atoms with E-state index in [0.29, 0.717) is 36.7 Å². The van der Waals surface area contributed by atoms with Gasteiger partial charge in [0.1, 0.15) is 6.54 Å². The Kier molecular flexibility index (Phi) is 7.52. The van der Waals surface area contributed by atoms with Crippen molar-refractivity contribution in [3.05, 3.63) is 83.7 Å². The molecule has 0 spiro atoms. The molecule has 0 fully saturated rings. The first-order valence-corrected chi connectivity index (χ1v) is 11.7. The number of ether oxygens (including phenoxy) is 2. The number of carbonyl (C=O) groups is 2. The van der Waals surface area contributed by atoms with Crippen molar-refractivity contribution in [3.63, 3.8) is 0 Å². The SMILES string of the molecule is CCCCN(CC(=O)N(Cc1ccccc1)Cc1cccn1C)C(=O)c1ccc2c(c1)OCO2. The molecule has 7 heteroatoms. The number of fused-ring (bicyclic) bond motifs is 1. The molecule has 0 N–H and O–H groups in total. The Morgan fingerprint density at radius 3 is 2.47 bits per heavy atom. The van der Waals surface area contributed by atoms with Crippen LogP contribution in [0.4, 0.5) is 0 Å². The zero-order valence-corrected chi connectivity index (χ0v) is 19.8. The number of benzene rings is 2. The van der Waals surface area contributed by atoms with Gasteiger partial charge in [0.25, 0.3) is 5.91 Å². The monoisotopic (exact) mass is 461 g/mol. The van der Waals surface area contributed by atoms with Crippen molar-refractivity contribution in [1.82, 2.24) is 14.4 Å². The van der Waals surface area contributed by atoms with E-state index in [9.17, 15) is 9.59 Å². The van der Waals surface area contributed by atoms with Crippen LogP contribution in [-0.4, -0.2) is 46.1 Å². The number of aryl methyl sites for hydroxylation is 1. The van der Waals surface area contributed by atoms with E-state index in [1.807, 2.05) is 65.2 Å². The second kappa shape index (κ2) is 10.9. The Hall–Kier alpha value is -3.74. The van der Waals surface area contributed by atoms with Crippen LogP contribution < -0.4 is 9.47 Å². The summed E-state index contributed by atoms with van der Waals surface area (Å²) in [5, 5.41) is 0. The minimum Gasteiger partial charge on any atom is -0.454 e. The van der Waals surface area contributed by atoms with Crippen molar-refractivity contribution < 1.29 is 19.1 Å². The van der Waals surface area contributed by atoms with Gasteiger partial charge in [-0.05, 0) is 42.3 Å². The number of amides is 2. The lowest BCUT2D eigenvalue weighted by Crippen LogP contribution is -2.43. The summed E-state index contributed by atoms with van der Waals surface area (Å²) in [5.41, 5.74) is 2.57. The molecule has 0 aliphatic carbocycles. The van der Waals surface area contributed by atoms with Crippen molar-refractivity contribution in [2.24, 2.45) is 7.05 Å². The second-order valence-electron chi connectivity index (χ2n) is 8.49. The number of unbranched alkanes of at least 4 members (excludes halogenated alkanes) is 1. The van der Waals surface area contributed by atoms with Crippen LogP contribution in [0.3, 0.4) is 0 Å². The summed E-state index contributed by atoms with van der Waals surface area (Å²) in [6.07, 6.45) is 3.72. The molecule has 0 unspecified atom stereocenters. The number of nitrogens with zero attached hydrogens (tertiary/aromatic N) is 3. The first-order valence-electron chi connectivity index (χ1n) is 11.7. The fourth-order valence-electron chi connectivity index (χ4n) is 3.97. The lowest BCUT2D eigenvalue weighted by molar-refractivity contribution is -0.133. The van der Waals surface area contributed by atoms with Gasteiger partial charge in [0, 0.05) is 37.6 Å². The van der Waals surface area contributed by atoms with Gasteiger partial charge in [-0.2, -0.15) is 0 Å². The molecule has 4 rings (SSSR count). The normalized spacial score (nSPS) is 11.9. The largest absolute Gasteiger partial charge is 0.454 e. The predicted molar refractivity (Wildman–Crippen MR) is 129 cm³/mol. The first-order chi connectivity index (χ1) is 16.5. The standard InChI is InChI=1S/C27H31N3O4/c1-3-4-15-29(27(32)22-12-13-24-25(16-22)34-20-33-24)19-26(31)30(17-21-9-6-5-7-10-21)18-23-11-8-14-28(23)2/h5-14,16H,3-4,15,17-20H2,1-2H3. The number of aromatic nitrogens is 1. The van der Waals surface area contributed by atoms with Gasteiger partial charge in [0.15, 0.2) is 11.5 Å². The maximum atomic E-state index is 13.6. The second-order valence-corrected chi connectivity index (χ2v) is 8.49. The molecule has 2 aromatic carbocycles. The van der Waals surface area contributed by atoms with Gasteiger partial charge in [-0.1, -0.05) is 43.7 Å². The molecular weight excluding hydrogens is 430 g/mol. The minimum absolute atomic E-state index is 0.0184. The molecule has 34 heavy (non-hydrogen) atoms. The topological polar surface area (TPSA) is 64.0 Å². The summed E-state index contributed by atoms with van der Waals surface area (Å²) >= 11 is 0. The van der Waals surface area contributed by atoms with Crippen LogP contribution in [0.1, 0.15) is 41.4 Å². The number of hydrogen-bond donors (Lipinski definition) is 0. The first kappa shape index (κ1) is 23.4. The quantitative estimate of drug-likeness (QED) is 0.453. The zero-order valence-electron chi connectivity index (χ0n) is 19.8. The van der Waals surface area contributed by atoms with Crippen LogP contribution in [0.15, 0.2) is 66.9 Å². The van der Waals surface area contributed by atoms with Crippen molar-refractivity contribution in [1.29, 1.82) is 0 Å². The van der Waals surface area contributed by atoms with Gasteiger partial charge in [-0.25, -0.2) is 0 Å². The van der Waals surface area contributed by atoms with Gasteiger partial charge in [-0.15, -0.1) is 0 Å². The van der Waals surface area contributed by atoms with Crippen molar-refractivity contribution in [2.45, 2.75) is 32.9 Å². The van der Waals surface area contributed by atoms with Crippen LogP contribution in [-0.2, 0) is 24.9 Å². The molecule has 2 heterocycles. The van der Waals surface area contributed by atoms with Crippen LogP contribution in [0, 0.1) is 0 Å². The van der Waals surface area contributed by atoms with Crippen LogP contribution in [0.5, 0.6) is 11.5 Å². The van der Waals surface area contributed by atoms with Crippen molar-refractivity contribution >= 4 is 11.8 Å². The van der Waals surface area contributed by atoms with Gasteiger partial charge in [0.05, 0.1) is 6.54 Å². The van der Waals surface area contributed by atoms with E-state index >= 15 is 0 Å². The summed E-state index contributed by atoms with van der Waals surface area (Å²) < 4.78 is 12.8. The van der Waals surface area contributed by atoms with Crippen LogP contribution >= 0.6 is 0 Å². The summed E-state index contributed by atoms with van der Waals surface area (Å²) in [6, 6.07) is 19.1. The smallest absolute Gasteiger partial charge is 0.254 e. The van der Waals surface area contributed by atoms with E-state index in [1.54, 1.807) is 23.1 Å². The van der Waals surface area contributed by atoms with Crippen LogP contribution in [0.2, 0.25) is 0 Å². The highest BCUT2D eigenvalue weighted by Gasteiger charge is 2.24. The number of rotatable bonds is 10.